The lowest BCUT2D eigenvalue weighted by molar-refractivity contribution is 0.215. The lowest BCUT2D eigenvalue weighted by Gasteiger charge is -1.94. The highest BCUT2D eigenvalue weighted by Crippen LogP contribution is 2.06. The van der Waals surface area contributed by atoms with Gasteiger partial charge < -0.3 is 4.84 Å². The minimum atomic E-state index is -0.657. The van der Waals surface area contributed by atoms with E-state index >= 15 is 0 Å². The monoisotopic (exact) mass is 171 g/mol. The Balaban J connectivity index is 2.94. The highest BCUT2D eigenvalue weighted by molar-refractivity contribution is 5.79. The van der Waals surface area contributed by atoms with Crippen LogP contribution in [0.15, 0.2) is 23.4 Å². The van der Waals surface area contributed by atoms with Crippen molar-refractivity contribution in [3.63, 3.8) is 0 Å². The molecule has 1 aromatic carbocycles. The SMILES string of the molecule is CO/N=C/c1ccc(F)cc1F. The molecular formula is C8H7F2NO. The molecule has 0 heterocycles. The van der Waals surface area contributed by atoms with E-state index < -0.39 is 11.6 Å². The first kappa shape index (κ1) is 8.64. The number of hydrogen-bond donors (Lipinski definition) is 0. The van der Waals surface area contributed by atoms with E-state index in [1.807, 2.05) is 0 Å². The Labute approximate surface area is 68.5 Å². The first-order valence-corrected chi connectivity index (χ1v) is 3.25. The van der Waals surface area contributed by atoms with Crippen LogP contribution in [0.2, 0.25) is 0 Å². The summed E-state index contributed by atoms with van der Waals surface area (Å²) in [5.74, 6) is -1.27. The van der Waals surface area contributed by atoms with Crippen LogP contribution in [0.5, 0.6) is 0 Å². The first-order valence-electron chi connectivity index (χ1n) is 3.25. The minimum absolute atomic E-state index is 0.193. The van der Waals surface area contributed by atoms with Crippen molar-refractivity contribution < 1.29 is 13.6 Å². The summed E-state index contributed by atoms with van der Waals surface area (Å²) in [4.78, 5) is 4.34. The lowest BCUT2D eigenvalue weighted by Crippen LogP contribution is -1.89. The predicted octanol–water partition coefficient (Wildman–Crippen LogP) is 1.95. The molecule has 0 spiro atoms. The van der Waals surface area contributed by atoms with Crippen molar-refractivity contribution in [2.75, 3.05) is 7.11 Å². The van der Waals surface area contributed by atoms with E-state index in [0.29, 0.717) is 0 Å². The maximum Gasteiger partial charge on any atom is 0.135 e. The van der Waals surface area contributed by atoms with Crippen LogP contribution >= 0.6 is 0 Å². The van der Waals surface area contributed by atoms with E-state index in [0.717, 1.165) is 12.1 Å². The van der Waals surface area contributed by atoms with E-state index in [2.05, 4.69) is 9.99 Å². The van der Waals surface area contributed by atoms with E-state index in [9.17, 15) is 8.78 Å². The summed E-state index contributed by atoms with van der Waals surface area (Å²) in [5, 5.41) is 3.35. The number of benzene rings is 1. The highest BCUT2D eigenvalue weighted by atomic mass is 19.1. The van der Waals surface area contributed by atoms with Crippen LogP contribution < -0.4 is 0 Å². The molecule has 0 aliphatic rings. The fraction of sp³-hybridized carbons (Fsp3) is 0.125. The molecule has 0 fully saturated rings. The van der Waals surface area contributed by atoms with Crippen LogP contribution in [0.3, 0.4) is 0 Å². The minimum Gasteiger partial charge on any atom is -0.399 e. The zero-order chi connectivity index (χ0) is 8.97. The molecule has 0 amide bonds. The maximum atomic E-state index is 12.8. The number of rotatable bonds is 2. The van der Waals surface area contributed by atoms with Crippen molar-refractivity contribution in [3.05, 3.63) is 35.4 Å². The van der Waals surface area contributed by atoms with Crippen LogP contribution in [-0.4, -0.2) is 13.3 Å². The van der Waals surface area contributed by atoms with Crippen molar-refractivity contribution in [2.24, 2.45) is 5.16 Å². The zero-order valence-electron chi connectivity index (χ0n) is 6.42. The van der Waals surface area contributed by atoms with Gasteiger partial charge in [0.25, 0.3) is 0 Å². The number of hydrogen-bond acceptors (Lipinski definition) is 2. The Morgan fingerprint density at radius 1 is 1.42 bits per heavy atom. The van der Waals surface area contributed by atoms with Gasteiger partial charge in [0.15, 0.2) is 0 Å². The molecule has 0 N–H and O–H groups in total. The second kappa shape index (κ2) is 3.80. The summed E-state index contributed by atoms with van der Waals surface area (Å²) in [6.07, 6.45) is 1.18. The smallest absolute Gasteiger partial charge is 0.135 e. The van der Waals surface area contributed by atoms with Crippen LogP contribution in [-0.2, 0) is 4.84 Å². The standard InChI is InChI=1S/C8H7F2NO/c1-12-11-5-6-2-3-7(9)4-8(6)10/h2-5H,1H3/b11-5+. The van der Waals surface area contributed by atoms with Gasteiger partial charge in [-0.25, -0.2) is 8.78 Å². The molecule has 0 atom stereocenters. The van der Waals surface area contributed by atoms with Gasteiger partial charge in [-0.05, 0) is 12.1 Å². The summed E-state index contributed by atoms with van der Waals surface area (Å²) >= 11 is 0. The first-order chi connectivity index (χ1) is 5.74. The Kier molecular flexibility index (Phi) is 2.74. The Morgan fingerprint density at radius 2 is 2.17 bits per heavy atom. The second-order valence-corrected chi connectivity index (χ2v) is 2.08. The molecule has 4 heteroatoms. The fourth-order valence-electron chi connectivity index (χ4n) is 0.716. The van der Waals surface area contributed by atoms with E-state index in [-0.39, 0.29) is 5.56 Å². The molecule has 12 heavy (non-hydrogen) atoms. The molecule has 2 nitrogen and oxygen atoms in total. The second-order valence-electron chi connectivity index (χ2n) is 2.08. The van der Waals surface area contributed by atoms with Crippen molar-refractivity contribution in [1.29, 1.82) is 0 Å². The molecular weight excluding hydrogens is 164 g/mol. The van der Waals surface area contributed by atoms with Gasteiger partial charge in [-0.2, -0.15) is 0 Å². The summed E-state index contributed by atoms with van der Waals surface area (Å²) in [7, 11) is 1.35. The van der Waals surface area contributed by atoms with Gasteiger partial charge in [0.05, 0.1) is 6.21 Å². The van der Waals surface area contributed by atoms with Gasteiger partial charge in [0.1, 0.15) is 18.7 Å². The quantitative estimate of drug-likeness (QED) is 0.492. The van der Waals surface area contributed by atoms with Crippen molar-refractivity contribution in [3.8, 4) is 0 Å². The summed E-state index contributed by atoms with van der Waals surface area (Å²) in [5.41, 5.74) is 0.193. The Bertz CT molecular complexity index is 299. The summed E-state index contributed by atoms with van der Waals surface area (Å²) in [6.45, 7) is 0. The van der Waals surface area contributed by atoms with Crippen molar-refractivity contribution in [2.45, 2.75) is 0 Å². The molecule has 0 radical (unpaired) electrons. The number of halogens is 2. The normalized spacial score (nSPS) is 10.6. The van der Waals surface area contributed by atoms with Gasteiger partial charge >= 0.3 is 0 Å². The summed E-state index contributed by atoms with van der Waals surface area (Å²) in [6, 6.07) is 3.23. The molecule has 0 unspecified atom stereocenters. The van der Waals surface area contributed by atoms with Crippen LogP contribution in [0, 0.1) is 11.6 Å². The molecule has 0 aliphatic carbocycles. The molecule has 1 rings (SSSR count). The van der Waals surface area contributed by atoms with Gasteiger partial charge in [-0.1, -0.05) is 5.16 Å². The van der Waals surface area contributed by atoms with E-state index in [1.54, 1.807) is 0 Å². The highest BCUT2D eigenvalue weighted by Gasteiger charge is 1.99. The van der Waals surface area contributed by atoms with Crippen molar-refractivity contribution in [1.82, 2.24) is 0 Å². The van der Waals surface area contributed by atoms with E-state index in [1.165, 1.54) is 19.4 Å². The molecule has 0 bridgehead atoms. The lowest BCUT2D eigenvalue weighted by atomic mass is 10.2. The predicted molar refractivity (Wildman–Crippen MR) is 41.0 cm³/mol. The molecule has 64 valence electrons. The number of nitrogens with zero attached hydrogens (tertiary/aromatic N) is 1. The molecule has 0 aromatic heterocycles. The fourth-order valence-corrected chi connectivity index (χ4v) is 0.716. The van der Waals surface area contributed by atoms with Gasteiger partial charge in [-0.3, -0.25) is 0 Å². The average molecular weight is 171 g/mol. The van der Waals surface area contributed by atoms with Crippen LogP contribution in [0.4, 0.5) is 8.78 Å². The third-order valence-corrected chi connectivity index (χ3v) is 1.26. The van der Waals surface area contributed by atoms with Crippen LogP contribution in [0.1, 0.15) is 5.56 Å². The third kappa shape index (κ3) is 2.02. The van der Waals surface area contributed by atoms with Gasteiger partial charge in [0, 0.05) is 11.6 Å². The molecule has 0 saturated carbocycles. The van der Waals surface area contributed by atoms with Crippen molar-refractivity contribution >= 4 is 6.21 Å². The topological polar surface area (TPSA) is 21.6 Å². The number of oxime groups is 1. The van der Waals surface area contributed by atoms with Gasteiger partial charge in [0.2, 0.25) is 0 Å². The molecule has 0 aliphatic heterocycles. The summed E-state index contributed by atoms with van der Waals surface area (Å²) < 4.78 is 25.1. The zero-order valence-corrected chi connectivity index (χ0v) is 6.42. The molecule has 0 saturated heterocycles. The molecule has 1 aromatic rings. The van der Waals surface area contributed by atoms with Gasteiger partial charge in [-0.15, -0.1) is 0 Å². The Morgan fingerprint density at radius 3 is 2.75 bits per heavy atom. The Hall–Kier alpha value is -1.45. The van der Waals surface area contributed by atoms with Crippen LogP contribution in [0.25, 0.3) is 0 Å². The third-order valence-electron chi connectivity index (χ3n) is 1.26. The maximum absolute atomic E-state index is 12.8. The average Bonchev–Trinajstić information content (AvgIpc) is 2.03. The largest absolute Gasteiger partial charge is 0.399 e. The van der Waals surface area contributed by atoms with E-state index in [4.69, 9.17) is 0 Å².